The van der Waals surface area contributed by atoms with E-state index < -0.39 is 0 Å². The molecule has 2 saturated heterocycles. The number of aromatic nitrogens is 1. The average Bonchev–Trinajstić information content (AvgIpc) is 2.89. The summed E-state index contributed by atoms with van der Waals surface area (Å²) in [6, 6.07) is 6.48. The van der Waals surface area contributed by atoms with Crippen LogP contribution in [0, 0.1) is 0 Å². The SMILES string of the molecule is Nc1cccc(N2CCC(N3CCOCC3)C2)n1. The topological polar surface area (TPSA) is 54.6 Å². The molecule has 0 bridgehead atoms. The number of rotatable bonds is 2. The van der Waals surface area contributed by atoms with Crippen molar-refractivity contribution in [1.29, 1.82) is 0 Å². The van der Waals surface area contributed by atoms with Gasteiger partial charge >= 0.3 is 0 Å². The minimum absolute atomic E-state index is 0.599. The van der Waals surface area contributed by atoms with Crippen molar-refractivity contribution < 1.29 is 4.74 Å². The van der Waals surface area contributed by atoms with Crippen LogP contribution in [-0.4, -0.2) is 55.3 Å². The van der Waals surface area contributed by atoms with Crippen LogP contribution in [0.25, 0.3) is 0 Å². The van der Waals surface area contributed by atoms with Crippen LogP contribution in [0.5, 0.6) is 0 Å². The summed E-state index contributed by atoms with van der Waals surface area (Å²) in [6.07, 6.45) is 1.20. The molecule has 5 nitrogen and oxygen atoms in total. The predicted octanol–water partition coefficient (Wildman–Crippen LogP) is 0.575. The largest absolute Gasteiger partial charge is 0.384 e. The molecule has 3 heterocycles. The zero-order valence-electron chi connectivity index (χ0n) is 10.6. The van der Waals surface area contributed by atoms with Crippen LogP contribution in [0.4, 0.5) is 11.6 Å². The van der Waals surface area contributed by atoms with Crippen molar-refractivity contribution >= 4 is 11.6 Å². The fraction of sp³-hybridized carbons (Fsp3) is 0.615. The molecule has 0 aliphatic carbocycles. The van der Waals surface area contributed by atoms with E-state index in [1.807, 2.05) is 18.2 Å². The zero-order valence-corrected chi connectivity index (χ0v) is 10.6. The molecule has 18 heavy (non-hydrogen) atoms. The van der Waals surface area contributed by atoms with Crippen LogP contribution < -0.4 is 10.6 Å². The molecule has 1 aromatic heterocycles. The quantitative estimate of drug-likeness (QED) is 0.829. The fourth-order valence-corrected chi connectivity index (χ4v) is 2.81. The molecule has 1 atom stereocenters. The second kappa shape index (κ2) is 5.12. The maximum atomic E-state index is 5.74. The van der Waals surface area contributed by atoms with Crippen LogP contribution in [0.1, 0.15) is 6.42 Å². The van der Waals surface area contributed by atoms with Crippen molar-refractivity contribution in [2.75, 3.05) is 50.0 Å². The zero-order chi connectivity index (χ0) is 12.4. The summed E-state index contributed by atoms with van der Waals surface area (Å²) < 4.78 is 5.40. The van der Waals surface area contributed by atoms with Gasteiger partial charge in [0.05, 0.1) is 13.2 Å². The van der Waals surface area contributed by atoms with E-state index in [2.05, 4.69) is 14.8 Å². The lowest BCUT2D eigenvalue weighted by atomic mass is 10.2. The van der Waals surface area contributed by atoms with Gasteiger partial charge in [0, 0.05) is 32.2 Å². The van der Waals surface area contributed by atoms with Gasteiger partial charge in [-0.3, -0.25) is 4.90 Å². The molecule has 0 saturated carbocycles. The Morgan fingerprint density at radius 2 is 2.06 bits per heavy atom. The molecule has 2 fully saturated rings. The van der Waals surface area contributed by atoms with E-state index in [1.165, 1.54) is 6.42 Å². The van der Waals surface area contributed by atoms with Gasteiger partial charge in [-0.1, -0.05) is 6.07 Å². The number of hydrogen-bond donors (Lipinski definition) is 1. The lowest BCUT2D eigenvalue weighted by molar-refractivity contribution is 0.0209. The van der Waals surface area contributed by atoms with E-state index in [-0.39, 0.29) is 0 Å². The highest BCUT2D eigenvalue weighted by atomic mass is 16.5. The molecule has 1 unspecified atom stereocenters. The molecule has 1 aromatic rings. The fourth-order valence-electron chi connectivity index (χ4n) is 2.81. The Balaban J connectivity index is 1.64. The molecular weight excluding hydrogens is 228 g/mol. The van der Waals surface area contributed by atoms with E-state index in [0.717, 1.165) is 45.2 Å². The third-order valence-electron chi connectivity index (χ3n) is 3.81. The van der Waals surface area contributed by atoms with Gasteiger partial charge in [0.25, 0.3) is 0 Å². The second-order valence-electron chi connectivity index (χ2n) is 4.96. The molecule has 0 aromatic carbocycles. The van der Waals surface area contributed by atoms with Gasteiger partial charge in [-0.25, -0.2) is 4.98 Å². The summed E-state index contributed by atoms with van der Waals surface area (Å²) in [5.74, 6) is 1.60. The van der Waals surface area contributed by atoms with E-state index in [4.69, 9.17) is 10.5 Å². The minimum atomic E-state index is 0.599. The van der Waals surface area contributed by atoms with E-state index in [9.17, 15) is 0 Å². The van der Waals surface area contributed by atoms with E-state index in [0.29, 0.717) is 11.9 Å². The van der Waals surface area contributed by atoms with Gasteiger partial charge in [-0.15, -0.1) is 0 Å². The maximum absolute atomic E-state index is 5.74. The number of hydrogen-bond acceptors (Lipinski definition) is 5. The lowest BCUT2D eigenvalue weighted by Crippen LogP contribution is -2.44. The molecule has 2 aliphatic rings. The molecule has 0 amide bonds. The average molecular weight is 248 g/mol. The predicted molar refractivity (Wildman–Crippen MR) is 71.7 cm³/mol. The molecule has 0 spiro atoms. The molecule has 3 rings (SSSR count). The Hall–Kier alpha value is -1.33. The molecular formula is C13H20N4O. The van der Waals surface area contributed by atoms with Gasteiger partial charge < -0.3 is 15.4 Å². The van der Waals surface area contributed by atoms with Crippen LogP contribution in [0.2, 0.25) is 0 Å². The van der Waals surface area contributed by atoms with Crippen LogP contribution >= 0.6 is 0 Å². The van der Waals surface area contributed by atoms with Crippen molar-refractivity contribution in [3.63, 3.8) is 0 Å². The Kier molecular flexibility index (Phi) is 3.34. The number of nitrogen functional groups attached to an aromatic ring is 1. The monoisotopic (exact) mass is 248 g/mol. The number of nitrogens with two attached hydrogens (primary N) is 1. The van der Waals surface area contributed by atoms with Crippen LogP contribution in [0.15, 0.2) is 18.2 Å². The van der Waals surface area contributed by atoms with Crippen molar-refractivity contribution in [3.05, 3.63) is 18.2 Å². The summed E-state index contributed by atoms with van der Waals surface area (Å²) in [5, 5.41) is 0. The van der Waals surface area contributed by atoms with Gasteiger partial charge in [-0.2, -0.15) is 0 Å². The summed E-state index contributed by atoms with van der Waals surface area (Å²) >= 11 is 0. The normalized spacial score (nSPS) is 25.6. The first-order valence-electron chi connectivity index (χ1n) is 6.62. The lowest BCUT2D eigenvalue weighted by Gasteiger charge is -2.32. The standard InChI is InChI=1S/C13H20N4O/c14-12-2-1-3-13(15-12)17-5-4-11(10-17)16-6-8-18-9-7-16/h1-3,11H,4-10H2,(H2,14,15). The van der Waals surface area contributed by atoms with Crippen LogP contribution in [-0.2, 0) is 4.74 Å². The molecule has 2 N–H and O–H groups in total. The first-order valence-corrected chi connectivity index (χ1v) is 6.62. The Morgan fingerprint density at radius 3 is 2.83 bits per heavy atom. The number of pyridine rings is 1. The maximum Gasteiger partial charge on any atom is 0.131 e. The number of nitrogens with zero attached hydrogens (tertiary/aromatic N) is 3. The van der Waals surface area contributed by atoms with Gasteiger partial charge in [0.15, 0.2) is 0 Å². The third-order valence-corrected chi connectivity index (χ3v) is 3.81. The van der Waals surface area contributed by atoms with Crippen molar-refractivity contribution in [3.8, 4) is 0 Å². The third kappa shape index (κ3) is 2.42. The van der Waals surface area contributed by atoms with Crippen molar-refractivity contribution in [2.24, 2.45) is 0 Å². The summed E-state index contributed by atoms with van der Waals surface area (Å²) in [6.45, 7) is 5.97. The van der Waals surface area contributed by atoms with Crippen molar-refractivity contribution in [1.82, 2.24) is 9.88 Å². The summed E-state index contributed by atoms with van der Waals surface area (Å²) in [4.78, 5) is 9.26. The molecule has 98 valence electrons. The number of morpholine rings is 1. The van der Waals surface area contributed by atoms with Gasteiger partial charge in [0.1, 0.15) is 11.6 Å². The first kappa shape index (κ1) is 11.7. The van der Waals surface area contributed by atoms with Crippen LogP contribution in [0.3, 0.4) is 0 Å². The second-order valence-corrected chi connectivity index (χ2v) is 4.96. The summed E-state index contributed by atoms with van der Waals surface area (Å²) in [5.41, 5.74) is 5.74. The first-order chi connectivity index (χ1) is 8.83. The number of ether oxygens (including phenoxy) is 1. The highest BCUT2D eigenvalue weighted by molar-refractivity contribution is 5.45. The minimum Gasteiger partial charge on any atom is -0.384 e. The smallest absolute Gasteiger partial charge is 0.131 e. The Morgan fingerprint density at radius 1 is 1.22 bits per heavy atom. The van der Waals surface area contributed by atoms with Gasteiger partial charge in [-0.05, 0) is 18.6 Å². The van der Waals surface area contributed by atoms with Gasteiger partial charge in [0.2, 0.25) is 0 Å². The Labute approximate surface area is 108 Å². The van der Waals surface area contributed by atoms with Crippen molar-refractivity contribution in [2.45, 2.75) is 12.5 Å². The number of anilines is 2. The Bertz CT molecular complexity index is 406. The highest BCUT2D eigenvalue weighted by Crippen LogP contribution is 2.22. The highest BCUT2D eigenvalue weighted by Gasteiger charge is 2.29. The summed E-state index contributed by atoms with van der Waals surface area (Å²) in [7, 11) is 0. The molecule has 0 radical (unpaired) electrons. The van der Waals surface area contributed by atoms with E-state index in [1.54, 1.807) is 0 Å². The molecule has 5 heteroatoms. The van der Waals surface area contributed by atoms with E-state index >= 15 is 0 Å². The molecule has 2 aliphatic heterocycles.